The van der Waals surface area contributed by atoms with Crippen molar-refractivity contribution in [1.82, 2.24) is 34.1 Å². The van der Waals surface area contributed by atoms with E-state index in [9.17, 15) is 4.79 Å². The van der Waals surface area contributed by atoms with E-state index in [0.29, 0.717) is 12.4 Å². The summed E-state index contributed by atoms with van der Waals surface area (Å²) in [7, 11) is 0. The first-order valence-electron chi connectivity index (χ1n) is 7.77. The van der Waals surface area contributed by atoms with E-state index in [-0.39, 0.29) is 12.5 Å². The number of aromatic nitrogens is 7. The number of carboxylic acids is 1. The molecule has 0 aromatic carbocycles. The second-order valence-corrected chi connectivity index (χ2v) is 5.47. The molecule has 0 spiro atoms. The average molecular weight is 350 g/mol. The third-order valence-corrected chi connectivity index (χ3v) is 3.74. The largest absolute Gasteiger partial charge is 0.480 e. The number of hydrogen-bond acceptors (Lipinski definition) is 7. The third kappa shape index (κ3) is 3.07. The molecule has 0 amide bonds. The molecule has 130 valence electrons. The Hall–Kier alpha value is -3.82. The van der Waals surface area contributed by atoms with E-state index in [2.05, 4.69) is 30.4 Å². The molecule has 0 aliphatic heterocycles. The molecule has 10 heteroatoms. The molecule has 0 radical (unpaired) electrons. The molecule has 26 heavy (non-hydrogen) atoms. The molecule has 0 saturated carbocycles. The van der Waals surface area contributed by atoms with Gasteiger partial charge in [-0.1, -0.05) is 6.07 Å². The van der Waals surface area contributed by atoms with Crippen molar-refractivity contribution in [2.75, 3.05) is 11.9 Å². The SMILES string of the molecule is O=C(O)CNc1ncc(-c2nccn2Cc2cccc3ncnn23)cn1. The Kier molecular flexibility index (Phi) is 3.98. The predicted molar refractivity (Wildman–Crippen MR) is 91.5 cm³/mol. The van der Waals surface area contributed by atoms with Gasteiger partial charge in [0.1, 0.15) is 18.7 Å². The van der Waals surface area contributed by atoms with Gasteiger partial charge in [0.25, 0.3) is 0 Å². The lowest BCUT2D eigenvalue weighted by atomic mass is 10.3. The first-order valence-corrected chi connectivity index (χ1v) is 7.77. The van der Waals surface area contributed by atoms with Crippen molar-refractivity contribution in [2.45, 2.75) is 6.54 Å². The molecule has 4 aromatic rings. The average Bonchev–Trinajstić information content (AvgIpc) is 3.30. The molecule has 4 rings (SSSR count). The van der Waals surface area contributed by atoms with Gasteiger partial charge in [0.15, 0.2) is 5.65 Å². The summed E-state index contributed by atoms with van der Waals surface area (Å²) in [6.07, 6.45) is 8.29. The van der Waals surface area contributed by atoms with Crippen LogP contribution >= 0.6 is 0 Å². The van der Waals surface area contributed by atoms with Crippen molar-refractivity contribution in [3.63, 3.8) is 0 Å². The normalized spacial score (nSPS) is 10.9. The summed E-state index contributed by atoms with van der Waals surface area (Å²) in [5, 5.41) is 15.5. The number of fused-ring (bicyclic) bond motifs is 1. The van der Waals surface area contributed by atoms with Gasteiger partial charge in [-0.2, -0.15) is 5.10 Å². The molecule has 0 unspecified atom stereocenters. The van der Waals surface area contributed by atoms with Gasteiger partial charge in [0, 0.05) is 24.8 Å². The number of carbonyl (C=O) groups is 1. The number of imidazole rings is 1. The summed E-state index contributed by atoms with van der Waals surface area (Å²) in [4.78, 5) is 27.4. The fourth-order valence-electron chi connectivity index (χ4n) is 2.58. The molecule has 0 saturated heterocycles. The van der Waals surface area contributed by atoms with Gasteiger partial charge in [-0.25, -0.2) is 24.5 Å². The van der Waals surface area contributed by atoms with Crippen LogP contribution in [0.4, 0.5) is 5.95 Å². The smallest absolute Gasteiger partial charge is 0.322 e. The Labute approximate surface area is 147 Å². The van der Waals surface area contributed by atoms with Crippen molar-refractivity contribution in [3.8, 4) is 11.4 Å². The summed E-state index contributed by atoms with van der Waals surface area (Å²) >= 11 is 0. The molecular weight excluding hydrogens is 336 g/mol. The quantitative estimate of drug-likeness (QED) is 0.526. The molecule has 2 N–H and O–H groups in total. The van der Waals surface area contributed by atoms with Gasteiger partial charge < -0.3 is 15.0 Å². The zero-order valence-electron chi connectivity index (χ0n) is 13.5. The summed E-state index contributed by atoms with van der Waals surface area (Å²) in [5.74, 6) is -0.0240. The highest BCUT2D eigenvalue weighted by Crippen LogP contribution is 2.18. The predicted octanol–water partition coefficient (Wildman–Crippen LogP) is 0.928. The van der Waals surface area contributed by atoms with Gasteiger partial charge in [0.2, 0.25) is 5.95 Å². The maximum atomic E-state index is 10.6. The summed E-state index contributed by atoms with van der Waals surface area (Å²) < 4.78 is 3.73. The number of nitrogens with zero attached hydrogens (tertiary/aromatic N) is 7. The van der Waals surface area contributed by atoms with Gasteiger partial charge in [-0.05, 0) is 12.1 Å². The molecule has 0 aliphatic carbocycles. The highest BCUT2D eigenvalue weighted by molar-refractivity contribution is 5.71. The molecule has 0 atom stereocenters. The number of carboxylic acid groups (broad SMARTS) is 1. The van der Waals surface area contributed by atoms with E-state index in [0.717, 1.165) is 16.9 Å². The summed E-state index contributed by atoms with van der Waals surface area (Å²) in [5.41, 5.74) is 2.46. The Balaban J connectivity index is 1.59. The van der Waals surface area contributed by atoms with Gasteiger partial charge in [0.05, 0.1) is 17.8 Å². The molecule has 4 aromatic heterocycles. The molecule has 4 heterocycles. The number of hydrogen-bond donors (Lipinski definition) is 2. The fourth-order valence-corrected chi connectivity index (χ4v) is 2.58. The lowest BCUT2D eigenvalue weighted by molar-refractivity contribution is -0.134. The minimum absolute atomic E-state index is 0.240. The molecule has 10 nitrogen and oxygen atoms in total. The zero-order chi connectivity index (χ0) is 17.9. The topological polar surface area (TPSA) is 123 Å². The molecular formula is C16H14N8O2. The van der Waals surface area contributed by atoms with Crippen LogP contribution in [0.3, 0.4) is 0 Å². The van der Waals surface area contributed by atoms with Crippen molar-refractivity contribution in [1.29, 1.82) is 0 Å². The minimum atomic E-state index is -0.976. The standard InChI is InChI=1S/C16H14N8O2/c25-14(26)8-20-16-18-6-11(7-19-16)15-17-4-5-23(15)9-12-2-1-3-13-21-10-22-24(12)13/h1-7,10H,8-9H2,(H,25,26)(H,18,19,20). The second-order valence-electron chi connectivity index (χ2n) is 5.47. The van der Waals surface area contributed by atoms with E-state index < -0.39 is 5.97 Å². The van der Waals surface area contributed by atoms with E-state index in [4.69, 9.17) is 5.11 Å². The van der Waals surface area contributed by atoms with Crippen molar-refractivity contribution in [2.24, 2.45) is 0 Å². The number of anilines is 1. The Morgan fingerprint density at radius 3 is 2.81 bits per heavy atom. The van der Waals surface area contributed by atoms with E-state index >= 15 is 0 Å². The van der Waals surface area contributed by atoms with E-state index in [1.54, 1.807) is 23.1 Å². The van der Waals surface area contributed by atoms with Crippen molar-refractivity contribution < 1.29 is 9.90 Å². The van der Waals surface area contributed by atoms with Crippen LogP contribution in [0.15, 0.2) is 49.3 Å². The summed E-state index contributed by atoms with van der Waals surface area (Å²) in [6.45, 7) is 0.310. The van der Waals surface area contributed by atoms with E-state index in [1.165, 1.54) is 6.33 Å². The van der Waals surface area contributed by atoms with Crippen LogP contribution in [-0.2, 0) is 11.3 Å². The highest BCUT2D eigenvalue weighted by Gasteiger charge is 2.10. The highest BCUT2D eigenvalue weighted by atomic mass is 16.4. The lowest BCUT2D eigenvalue weighted by Crippen LogP contribution is -2.14. The number of aliphatic carboxylic acids is 1. The minimum Gasteiger partial charge on any atom is -0.480 e. The van der Waals surface area contributed by atoms with Gasteiger partial charge in [-0.3, -0.25) is 4.79 Å². The Morgan fingerprint density at radius 1 is 1.15 bits per heavy atom. The molecule has 0 bridgehead atoms. The monoisotopic (exact) mass is 350 g/mol. The summed E-state index contributed by atoms with van der Waals surface area (Å²) in [6, 6.07) is 5.80. The van der Waals surface area contributed by atoms with Crippen LogP contribution < -0.4 is 5.32 Å². The fraction of sp³-hybridized carbons (Fsp3) is 0.125. The maximum Gasteiger partial charge on any atom is 0.322 e. The molecule has 0 fully saturated rings. The van der Waals surface area contributed by atoms with Crippen LogP contribution in [0.25, 0.3) is 17.0 Å². The van der Waals surface area contributed by atoms with Gasteiger partial charge >= 0.3 is 5.97 Å². The first kappa shape index (κ1) is 15.7. The lowest BCUT2D eigenvalue weighted by Gasteiger charge is -2.09. The van der Waals surface area contributed by atoms with Crippen molar-refractivity contribution in [3.05, 3.63) is 55.0 Å². The Morgan fingerprint density at radius 2 is 2.00 bits per heavy atom. The molecule has 0 aliphatic rings. The number of rotatable bonds is 6. The van der Waals surface area contributed by atoms with E-state index in [1.807, 2.05) is 29.0 Å². The third-order valence-electron chi connectivity index (χ3n) is 3.74. The maximum absolute atomic E-state index is 10.6. The zero-order valence-corrected chi connectivity index (χ0v) is 13.5. The number of pyridine rings is 1. The van der Waals surface area contributed by atoms with Crippen LogP contribution in [-0.4, -0.2) is 51.7 Å². The van der Waals surface area contributed by atoms with Crippen LogP contribution in [0, 0.1) is 0 Å². The van der Waals surface area contributed by atoms with Crippen molar-refractivity contribution >= 4 is 17.6 Å². The van der Waals surface area contributed by atoms with Crippen LogP contribution in [0.1, 0.15) is 5.69 Å². The Bertz CT molecular complexity index is 1050. The number of nitrogens with one attached hydrogen (secondary N) is 1. The first-order chi connectivity index (χ1) is 12.7. The second kappa shape index (κ2) is 6.59. The van der Waals surface area contributed by atoms with Gasteiger partial charge in [-0.15, -0.1) is 0 Å². The van der Waals surface area contributed by atoms with Crippen LogP contribution in [0.5, 0.6) is 0 Å². The van der Waals surface area contributed by atoms with Crippen LogP contribution in [0.2, 0.25) is 0 Å².